The highest BCUT2D eigenvalue weighted by atomic mass is 32.2. The molecule has 0 bridgehead atoms. The molecule has 0 radical (unpaired) electrons. The highest BCUT2D eigenvalue weighted by Crippen LogP contribution is 2.62. The smallest absolute Gasteiger partial charge is 0.265 e. The Morgan fingerprint density at radius 3 is 1.57 bits per heavy atom. The number of anilines is 2. The van der Waals surface area contributed by atoms with Gasteiger partial charge in [0, 0.05) is 89.2 Å². The van der Waals surface area contributed by atoms with Crippen LogP contribution < -0.4 is 24.2 Å². The van der Waals surface area contributed by atoms with Gasteiger partial charge < -0.3 is 52.5 Å². The number of rotatable bonds is 21. The fourth-order valence-electron chi connectivity index (χ4n) is 17.2. The fourth-order valence-corrected chi connectivity index (χ4v) is 22.7. The van der Waals surface area contributed by atoms with E-state index in [2.05, 4.69) is 46.0 Å². The number of nitrogens with one attached hydrogen (secondary N) is 2. The van der Waals surface area contributed by atoms with Crippen LogP contribution in [-0.4, -0.2) is 201 Å². The maximum atomic E-state index is 15.7. The minimum atomic E-state index is -3.78. The van der Waals surface area contributed by atoms with E-state index in [0.717, 1.165) is 49.9 Å². The van der Waals surface area contributed by atoms with E-state index < -0.39 is 112 Å². The predicted molar refractivity (Wildman–Crippen MR) is 413 cm³/mol. The molecule has 4 N–H and O–H groups in total. The van der Waals surface area contributed by atoms with Crippen molar-refractivity contribution in [2.45, 2.75) is 180 Å². The lowest BCUT2D eigenvalue weighted by Gasteiger charge is -2.55. The molecular formula is C78H108N8O17S2Si2. The molecule has 4 fully saturated rings. The highest BCUT2D eigenvalue weighted by Gasteiger charge is 2.71. The monoisotopic (exact) mass is 1550 g/mol. The van der Waals surface area contributed by atoms with E-state index in [1.165, 1.54) is 11.4 Å². The number of ketones is 4. The van der Waals surface area contributed by atoms with Gasteiger partial charge in [0.25, 0.3) is 5.88 Å². The van der Waals surface area contributed by atoms with Crippen LogP contribution in [0.3, 0.4) is 0 Å². The van der Waals surface area contributed by atoms with Crippen LogP contribution in [0.4, 0.5) is 11.4 Å². The second kappa shape index (κ2) is 29.0. The van der Waals surface area contributed by atoms with Gasteiger partial charge in [-0.1, -0.05) is 77.0 Å². The van der Waals surface area contributed by atoms with Crippen LogP contribution >= 0.6 is 0 Å². The summed E-state index contributed by atoms with van der Waals surface area (Å²) in [6.45, 7) is 29.2. The number of aromatic nitrogens is 2. The summed E-state index contributed by atoms with van der Waals surface area (Å²) in [5.74, 6) is -3.47. The molecule has 2 saturated carbocycles. The lowest BCUT2D eigenvalue weighted by Crippen LogP contribution is -2.68. The second-order valence-electron chi connectivity index (χ2n) is 33.9. The van der Waals surface area contributed by atoms with Crippen molar-refractivity contribution >= 4 is 82.7 Å². The molecule has 4 heterocycles. The molecule has 8 atom stereocenters. The van der Waals surface area contributed by atoms with Gasteiger partial charge in [0.1, 0.15) is 35.2 Å². The van der Waals surface area contributed by atoms with Crippen LogP contribution in [0.25, 0.3) is 11.5 Å². The Hall–Kier alpha value is -7.07. The molecule has 107 heavy (non-hydrogen) atoms. The first kappa shape index (κ1) is 79.5. The average Bonchev–Trinajstić information content (AvgIpc) is 1.64. The van der Waals surface area contributed by atoms with Crippen LogP contribution in [0, 0.1) is 44.4 Å². The zero-order valence-corrected chi connectivity index (χ0v) is 69.2. The number of carbonyl (C=O) groups excluding carboxylic acids is 4. The van der Waals surface area contributed by atoms with Crippen LogP contribution in [-0.2, 0) is 57.9 Å². The number of aryl methyl sites for hydroxylation is 1. The SMILES string of the molecule is COc1cc(NCCS(=O)(=O)N2CCCC2)c(C)c2c1C[C@H]1C[C@H]3[C@H](N(C)C)c4onc(C)c4C(=O)[C@@]3(O[Si](C)(C)C(C)(C)C)C(=O)C1=C2O.COc1cc(NS(=O)(=O)CCN2CCCC2)c(C)c2c1C[C@H]1C[C@H]3[C@H](N(C)C)c4onc(OCc5ccccc5)c4C(=O)[C@@]3(O[Si](C)(C)C(C)(C)C)C(=O)C1=C2O. The number of benzene rings is 3. The number of aliphatic hydroxyl groups is 2. The van der Waals surface area contributed by atoms with E-state index in [9.17, 15) is 31.8 Å². The van der Waals surface area contributed by atoms with E-state index in [1.54, 1.807) is 27.0 Å². The van der Waals surface area contributed by atoms with Crippen LogP contribution in [0.2, 0.25) is 36.3 Å². The summed E-state index contributed by atoms with van der Waals surface area (Å²) in [5, 5.41) is 35.7. The maximum Gasteiger partial charge on any atom is 0.265 e. The largest absolute Gasteiger partial charge is 0.507 e. The van der Waals surface area contributed by atoms with Gasteiger partial charge in [0.05, 0.1) is 54.8 Å². The van der Waals surface area contributed by atoms with Crippen LogP contribution in [0.1, 0.15) is 169 Å². The van der Waals surface area contributed by atoms with Crippen molar-refractivity contribution in [3.05, 3.63) is 121 Å². The van der Waals surface area contributed by atoms with E-state index >= 15 is 14.4 Å². The van der Waals surface area contributed by atoms with Crippen molar-refractivity contribution in [1.29, 1.82) is 0 Å². The van der Waals surface area contributed by atoms with Crippen molar-refractivity contribution in [2.75, 3.05) is 103 Å². The molecule has 13 rings (SSSR count). The number of carbonyl (C=O) groups is 4. The molecule has 2 aromatic heterocycles. The predicted octanol–water partition coefficient (Wildman–Crippen LogP) is 12.1. The molecule has 3 aromatic carbocycles. The number of likely N-dealkylation sites (tertiary alicyclic amines) is 1. The molecule has 5 aromatic rings. The number of sulfonamides is 2. The molecule has 0 amide bonds. The Kier molecular flexibility index (Phi) is 21.5. The Balaban J connectivity index is 0.000000202. The van der Waals surface area contributed by atoms with Crippen LogP contribution in [0.5, 0.6) is 17.4 Å². The number of methoxy groups -OCH3 is 2. The summed E-state index contributed by atoms with van der Waals surface area (Å²) in [6, 6.07) is 11.9. The third kappa shape index (κ3) is 13.8. The normalized spacial score (nSPS) is 24.8. The first-order valence-electron chi connectivity index (χ1n) is 37.4. The molecule has 2 aliphatic heterocycles. The number of nitrogens with zero attached hydrogens (tertiary/aromatic N) is 6. The van der Waals surface area contributed by atoms with Gasteiger partial charge in [-0.3, -0.25) is 33.7 Å². The van der Waals surface area contributed by atoms with Crippen molar-refractivity contribution in [1.82, 2.24) is 29.3 Å². The van der Waals surface area contributed by atoms with Gasteiger partial charge >= 0.3 is 0 Å². The Morgan fingerprint density at radius 1 is 0.626 bits per heavy atom. The van der Waals surface area contributed by atoms with Crippen molar-refractivity contribution in [3.63, 3.8) is 0 Å². The third-order valence-electron chi connectivity index (χ3n) is 24.8. The molecule has 29 heteroatoms. The van der Waals surface area contributed by atoms with E-state index in [-0.39, 0.29) is 75.1 Å². The lowest BCUT2D eigenvalue weighted by atomic mass is 9.57. The van der Waals surface area contributed by atoms with Crippen molar-refractivity contribution in [2.24, 2.45) is 23.7 Å². The van der Waals surface area contributed by atoms with Gasteiger partial charge in [-0.15, -0.1) is 0 Å². The summed E-state index contributed by atoms with van der Waals surface area (Å²) >= 11 is 0. The number of aliphatic hydroxyl groups excluding tert-OH is 2. The Bertz CT molecular complexity index is 4660. The van der Waals surface area contributed by atoms with Gasteiger partial charge in [-0.2, -0.15) is 0 Å². The standard InChI is InChI=1S/C42H56N4O9SSi.C36H52N4O8SSi/c1-25-30(44-56(50,51)20-19-46-17-13-14-18-46)23-31(52-7)28-21-27-22-29-35(45(5)6)37-34(40(43-54-37)53-24-26-15-11-10-12-16-26)39(49)42(29,55-57(8,9)41(2,3)4)38(48)33(27)36(47)32(25)28;1-20-25(37-13-16-49(44,45)40-14-11-12-15-40)19-26(46-8)23-17-22-18-24-30(39(6)7)32-28(21(2)38-47-32)33(42)36(24,48-50(9,10)35(3,4)5)34(43)29(22)31(41)27(20)23/h10-12,15-16,23,27,29,35,44,47H,13-14,17-22,24H2,1-9H3;19,22,24,30,37,41H,11-18H2,1-10H3/t27-,29-,35-,42-;22-,24-,30-,36+/m00/s1. The Labute approximate surface area is 631 Å². The minimum absolute atomic E-state index is 0.0216. The van der Waals surface area contributed by atoms with Crippen LogP contribution in [0.15, 0.2) is 62.7 Å². The number of hydrogen-bond acceptors (Lipinski definition) is 23. The van der Waals surface area contributed by atoms with Crippen molar-refractivity contribution < 1.29 is 78.3 Å². The molecule has 8 aliphatic rings. The molecule has 582 valence electrons. The number of hydrogen-bond donors (Lipinski definition) is 4. The number of Topliss-reactive ketones (excluding diaryl/α,β-unsaturated/α-hetero) is 4. The van der Waals surface area contributed by atoms with Crippen molar-refractivity contribution in [3.8, 4) is 17.4 Å². The van der Waals surface area contributed by atoms with Gasteiger partial charge in [0.2, 0.25) is 43.2 Å². The van der Waals surface area contributed by atoms with E-state index in [4.69, 9.17) is 32.1 Å². The van der Waals surface area contributed by atoms with Gasteiger partial charge in [0.15, 0.2) is 39.4 Å². The molecule has 0 spiro atoms. The first-order valence-corrected chi connectivity index (χ1v) is 46.4. The summed E-state index contributed by atoms with van der Waals surface area (Å²) in [6.07, 6.45) is 5.22. The summed E-state index contributed by atoms with van der Waals surface area (Å²) < 4.78 is 101. The molecule has 2 saturated heterocycles. The zero-order chi connectivity index (χ0) is 78.0. The maximum absolute atomic E-state index is 15.7. The average molecular weight is 1550 g/mol. The topological polar surface area (TPSA) is 312 Å². The third-order valence-corrected chi connectivity index (χ3v) is 36.8. The molecule has 0 unspecified atom stereocenters. The second-order valence-corrected chi connectivity index (χ2v) is 47.3. The molecule has 6 aliphatic carbocycles. The highest BCUT2D eigenvalue weighted by molar-refractivity contribution is 7.92. The molecular weight excluding hydrogens is 1440 g/mol. The van der Waals surface area contributed by atoms with Gasteiger partial charge in [-0.25, -0.2) is 21.1 Å². The minimum Gasteiger partial charge on any atom is -0.507 e. The Morgan fingerprint density at radius 2 is 1.08 bits per heavy atom. The summed E-state index contributed by atoms with van der Waals surface area (Å²) in [5.41, 5.74) is 2.10. The van der Waals surface area contributed by atoms with Gasteiger partial charge in [-0.05, 0) is 183 Å². The number of ether oxygens (including phenoxy) is 3. The quantitative estimate of drug-likeness (QED) is 0.0392. The fraction of sp³-hybridized carbons (Fsp3) is 0.590. The van der Waals surface area contributed by atoms with E-state index in [1.807, 2.05) is 128 Å². The first-order chi connectivity index (χ1) is 50.1. The summed E-state index contributed by atoms with van der Waals surface area (Å²) in [7, 11) is -2.31. The molecule has 25 nitrogen and oxygen atoms in total. The number of fused-ring (bicyclic) bond motifs is 8. The van der Waals surface area contributed by atoms with E-state index in [0.29, 0.717) is 108 Å². The lowest BCUT2D eigenvalue weighted by molar-refractivity contribution is -0.141. The summed E-state index contributed by atoms with van der Waals surface area (Å²) in [4.78, 5) is 67.6. The zero-order valence-electron chi connectivity index (χ0n) is 65.5.